The molecule has 0 fully saturated rings. The lowest BCUT2D eigenvalue weighted by molar-refractivity contribution is -0.132. The van der Waals surface area contributed by atoms with Crippen molar-refractivity contribution >= 4 is 17.8 Å². The topological polar surface area (TPSA) is 91.0 Å². The number of hydrogen-bond acceptors (Lipinski definition) is 4. The summed E-state index contributed by atoms with van der Waals surface area (Å²) < 4.78 is 0. The first-order valence-corrected chi connectivity index (χ1v) is 7.15. The average molecular weight is 299 g/mol. The van der Waals surface area contributed by atoms with Gasteiger partial charge >= 0.3 is 0 Å². The zero-order chi connectivity index (χ0) is 15.5. The van der Waals surface area contributed by atoms with Crippen molar-refractivity contribution in [2.45, 2.75) is 25.8 Å². The van der Waals surface area contributed by atoms with Gasteiger partial charge in [-0.1, -0.05) is 24.3 Å². The molecule has 1 aromatic heterocycles. The summed E-state index contributed by atoms with van der Waals surface area (Å²) in [5.41, 5.74) is 2.23. The van der Waals surface area contributed by atoms with Crippen LogP contribution in [0.15, 0.2) is 30.6 Å². The van der Waals surface area contributed by atoms with Gasteiger partial charge in [0, 0.05) is 13.5 Å². The lowest BCUT2D eigenvalue weighted by atomic mass is 9.90. The molecule has 0 unspecified atom stereocenters. The van der Waals surface area contributed by atoms with Crippen LogP contribution in [0.2, 0.25) is 0 Å². The summed E-state index contributed by atoms with van der Waals surface area (Å²) in [7, 11) is 0. The third-order valence-corrected chi connectivity index (χ3v) is 3.87. The van der Waals surface area contributed by atoms with E-state index in [0.717, 1.165) is 12.0 Å². The van der Waals surface area contributed by atoms with E-state index in [0.29, 0.717) is 12.5 Å². The molecule has 1 aromatic carbocycles. The smallest absolute Gasteiger partial charge is 0.229 e. The van der Waals surface area contributed by atoms with Crippen LogP contribution in [0.3, 0.4) is 0 Å². The van der Waals surface area contributed by atoms with Crippen molar-refractivity contribution in [1.29, 1.82) is 0 Å². The molecule has 22 heavy (non-hydrogen) atoms. The lowest BCUT2D eigenvalue weighted by Crippen LogP contribution is -2.40. The van der Waals surface area contributed by atoms with E-state index < -0.39 is 0 Å². The second kappa shape index (κ2) is 5.97. The SMILES string of the molecule is CC(=O)N1CCc2ccccc2[C@@H]1CC(=O)Nc1ncn[nH]1. The first kappa shape index (κ1) is 14.2. The molecule has 7 nitrogen and oxygen atoms in total. The van der Waals surface area contributed by atoms with Crippen LogP contribution < -0.4 is 5.32 Å². The van der Waals surface area contributed by atoms with E-state index in [1.807, 2.05) is 24.3 Å². The maximum absolute atomic E-state index is 12.2. The van der Waals surface area contributed by atoms with E-state index in [-0.39, 0.29) is 24.3 Å². The van der Waals surface area contributed by atoms with Gasteiger partial charge in [-0.2, -0.15) is 10.1 Å². The number of carbonyl (C=O) groups excluding carboxylic acids is 2. The number of hydrogen-bond donors (Lipinski definition) is 2. The van der Waals surface area contributed by atoms with Crippen molar-refractivity contribution in [1.82, 2.24) is 20.1 Å². The van der Waals surface area contributed by atoms with Gasteiger partial charge in [-0.05, 0) is 17.5 Å². The second-order valence-corrected chi connectivity index (χ2v) is 5.26. The highest BCUT2D eigenvalue weighted by Crippen LogP contribution is 2.32. The Morgan fingerprint density at radius 3 is 2.95 bits per heavy atom. The molecule has 2 aromatic rings. The number of aromatic nitrogens is 3. The van der Waals surface area contributed by atoms with E-state index in [1.165, 1.54) is 18.8 Å². The Kier molecular flexibility index (Phi) is 3.86. The summed E-state index contributed by atoms with van der Waals surface area (Å²) in [6, 6.07) is 7.70. The van der Waals surface area contributed by atoms with Crippen LogP contribution in [0.25, 0.3) is 0 Å². The summed E-state index contributed by atoms with van der Waals surface area (Å²) in [6.07, 6.45) is 2.33. The van der Waals surface area contributed by atoms with E-state index >= 15 is 0 Å². The number of nitrogens with zero attached hydrogens (tertiary/aromatic N) is 3. The number of fused-ring (bicyclic) bond motifs is 1. The largest absolute Gasteiger partial charge is 0.335 e. The molecule has 0 radical (unpaired) electrons. The maximum Gasteiger partial charge on any atom is 0.229 e. The summed E-state index contributed by atoms with van der Waals surface area (Å²) in [5.74, 6) is 0.0835. The van der Waals surface area contributed by atoms with Gasteiger partial charge in [0.25, 0.3) is 0 Å². The van der Waals surface area contributed by atoms with Crippen molar-refractivity contribution < 1.29 is 9.59 Å². The van der Waals surface area contributed by atoms with Crippen LogP contribution in [0.4, 0.5) is 5.95 Å². The quantitative estimate of drug-likeness (QED) is 0.893. The Labute approximate surface area is 127 Å². The fourth-order valence-corrected chi connectivity index (χ4v) is 2.87. The number of rotatable bonds is 3. The maximum atomic E-state index is 12.2. The van der Waals surface area contributed by atoms with Crippen LogP contribution in [0.5, 0.6) is 0 Å². The number of H-pyrrole nitrogens is 1. The first-order valence-electron chi connectivity index (χ1n) is 7.15. The molecule has 7 heteroatoms. The third-order valence-electron chi connectivity index (χ3n) is 3.87. The Morgan fingerprint density at radius 2 is 2.23 bits per heavy atom. The highest BCUT2D eigenvalue weighted by atomic mass is 16.2. The third kappa shape index (κ3) is 2.83. The zero-order valence-corrected chi connectivity index (χ0v) is 12.2. The fraction of sp³-hybridized carbons (Fsp3) is 0.333. The molecule has 3 rings (SSSR count). The summed E-state index contributed by atoms with van der Waals surface area (Å²) >= 11 is 0. The first-order chi connectivity index (χ1) is 10.6. The van der Waals surface area contributed by atoms with Crippen molar-refractivity contribution in [2.75, 3.05) is 11.9 Å². The molecular formula is C15H17N5O2. The second-order valence-electron chi connectivity index (χ2n) is 5.26. The fourth-order valence-electron chi connectivity index (χ4n) is 2.87. The minimum absolute atomic E-state index is 0.0213. The Balaban J connectivity index is 1.81. The highest BCUT2D eigenvalue weighted by molar-refractivity contribution is 5.90. The van der Waals surface area contributed by atoms with Gasteiger partial charge < -0.3 is 4.90 Å². The van der Waals surface area contributed by atoms with Gasteiger partial charge in [-0.3, -0.25) is 14.9 Å². The van der Waals surface area contributed by atoms with E-state index in [1.54, 1.807) is 4.90 Å². The van der Waals surface area contributed by atoms with Gasteiger partial charge in [0.2, 0.25) is 17.8 Å². The summed E-state index contributed by atoms with van der Waals surface area (Å²) in [4.78, 5) is 29.7. The highest BCUT2D eigenvalue weighted by Gasteiger charge is 2.30. The molecule has 1 aliphatic rings. The molecule has 2 heterocycles. The predicted octanol–water partition coefficient (Wildman–Crippen LogP) is 1.28. The number of aromatic amines is 1. The van der Waals surface area contributed by atoms with Crippen LogP contribution in [0, 0.1) is 0 Å². The normalized spacial score (nSPS) is 17.0. The molecule has 1 aliphatic heterocycles. The number of carbonyl (C=O) groups is 2. The van der Waals surface area contributed by atoms with E-state index in [9.17, 15) is 9.59 Å². The number of anilines is 1. The molecule has 1 atom stereocenters. The van der Waals surface area contributed by atoms with Crippen LogP contribution in [-0.4, -0.2) is 38.4 Å². The standard InChI is InChI=1S/C15H17N5O2/c1-10(21)20-7-6-11-4-2-3-5-12(11)13(20)8-14(22)18-15-16-9-17-19-15/h2-5,9,13H,6-8H2,1H3,(H2,16,17,18,19,22)/t13-/m0/s1. The van der Waals surface area contributed by atoms with Gasteiger partial charge in [0.05, 0.1) is 12.5 Å². The molecule has 2 amide bonds. The molecule has 0 saturated heterocycles. The summed E-state index contributed by atoms with van der Waals surface area (Å²) in [6.45, 7) is 2.17. The molecule has 0 saturated carbocycles. The average Bonchev–Trinajstić information content (AvgIpc) is 3.00. The molecule has 0 aliphatic carbocycles. The monoisotopic (exact) mass is 299 g/mol. The molecule has 114 valence electrons. The van der Waals surface area contributed by atoms with Crippen LogP contribution in [0.1, 0.15) is 30.5 Å². The van der Waals surface area contributed by atoms with Crippen molar-refractivity contribution in [2.24, 2.45) is 0 Å². The van der Waals surface area contributed by atoms with Gasteiger partial charge in [0.1, 0.15) is 6.33 Å². The van der Waals surface area contributed by atoms with Gasteiger partial charge in [0.15, 0.2) is 0 Å². The van der Waals surface area contributed by atoms with Gasteiger partial charge in [-0.25, -0.2) is 5.10 Å². The van der Waals surface area contributed by atoms with E-state index in [2.05, 4.69) is 20.5 Å². The number of amides is 2. The number of nitrogens with one attached hydrogen (secondary N) is 2. The molecule has 0 bridgehead atoms. The van der Waals surface area contributed by atoms with Crippen LogP contribution in [-0.2, 0) is 16.0 Å². The Morgan fingerprint density at radius 1 is 1.41 bits per heavy atom. The molecule has 2 N–H and O–H groups in total. The lowest BCUT2D eigenvalue weighted by Gasteiger charge is -2.36. The Bertz CT molecular complexity index is 683. The Hall–Kier alpha value is -2.70. The molecule has 0 spiro atoms. The molecular weight excluding hydrogens is 282 g/mol. The predicted molar refractivity (Wildman–Crippen MR) is 79.9 cm³/mol. The van der Waals surface area contributed by atoms with Crippen molar-refractivity contribution in [3.05, 3.63) is 41.7 Å². The minimum Gasteiger partial charge on any atom is -0.335 e. The zero-order valence-electron chi connectivity index (χ0n) is 12.2. The van der Waals surface area contributed by atoms with Crippen molar-refractivity contribution in [3.63, 3.8) is 0 Å². The van der Waals surface area contributed by atoms with Crippen molar-refractivity contribution in [3.8, 4) is 0 Å². The summed E-state index contributed by atoms with van der Waals surface area (Å²) in [5, 5.41) is 8.92. The number of benzene rings is 1. The van der Waals surface area contributed by atoms with E-state index in [4.69, 9.17) is 0 Å². The minimum atomic E-state index is -0.245. The van der Waals surface area contributed by atoms with Gasteiger partial charge in [-0.15, -0.1) is 0 Å². The van der Waals surface area contributed by atoms with Crippen LogP contribution >= 0.6 is 0 Å².